The second-order valence-electron chi connectivity index (χ2n) is 5.62. The van der Waals surface area contributed by atoms with Gasteiger partial charge in [-0.1, -0.05) is 34.6 Å². The highest BCUT2D eigenvalue weighted by molar-refractivity contribution is 9.10. The summed E-state index contributed by atoms with van der Waals surface area (Å²) in [6.07, 6.45) is 6.75. The molecule has 3 rings (SSSR count). The zero-order valence-electron chi connectivity index (χ0n) is 10.9. The van der Waals surface area contributed by atoms with Gasteiger partial charge < -0.3 is 10.6 Å². The molecule has 2 unspecified atom stereocenters. The Bertz CT molecular complexity index is 503. The predicted octanol–water partition coefficient (Wildman–Crippen LogP) is 3.85. The third-order valence-corrected chi connectivity index (χ3v) is 5.24. The lowest BCUT2D eigenvalue weighted by atomic mass is 9.91. The molecule has 0 bridgehead atoms. The number of benzene rings is 1. The maximum atomic E-state index is 5.91. The number of hydrogen-bond acceptors (Lipinski definition) is 2. The Labute approximate surface area is 128 Å². The lowest BCUT2D eigenvalue weighted by Crippen LogP contribution is -2.43. The van der Waals surface area contributed by atoms with E-state index in [-0.39, 0.29) is 0 Å². The number of halogens is 1. The van der Waals surface area contributed by atoms with Crippen LogP contribution in [0, 0.1) is 5.92 Å². The largest absolute Gasteiger partial charge is 0.389 e. The zero-order chi connectivity index (χ0) is 13.4. The first kappa shape index (κ1) is 13.4. The number of fused-ring (bicyclic) bond motifs is 1. The van der Waals surface area contributed by atoms with Crippen LogP contribution >= 0.6 is 28.1 Å². The fourth-order valence-corrected chi connectivity index (χ4v) is 4.23. The van der Waals surface area contributed by atoms with Gasteiger partial charge in [0, 0.05) is 28.3 Å². The Morgan fingerprint density at radius 2 is 2.05 bits per heavy atom. The first-order valence-electron chi connectivity index (χ1n) is 7.03. The zero-order valence-corrected chi connectivity index (χ0v) is 13.3. The third kappa shape index (κ3) is 2.52. The molecule has 1 saturated carbocycles. The smallest absolute Gasteiger partial charge is 0.106 e. The van der Waals surface area contributed by atoms with Crippen LogP contribution in [0.1, 0.15) is 37.7 Å². The number of thiocarbonyl (C=S) groups is 1. The van der Waals surface area contributed by atoms with Crippen molar-refractivity contribution < 1.29 is 0 Å². The molecule has 102 valence electrons. The normalized spacial score (nSPS) is 26.3. The van der Waals surface area contributed by atoms with Crippen molar-refractivity contribution in [1.82, 2.24) is 0 Å². The summed E-state index contributed by atoms with van der Waals surface area (Å²) in [5.41, 5.74) is 8.15. The highest BCUT2D eigenvalue weighted by Gasteiger charge is 2.35. The molecule has 0 aromatic heterocycles. The Morgan fingerprint density at radius 3 is 2.84 bits per heavy atom. The molecule has 1 aromatic rings. The summed E-state index contributed by atoms with van der Waals surface area (Å²) < 4.78 is 1.04. The van der Waals surface area contributed by atoms with Crippen LogP contribution in [0.4, 0.5) is 5.69 Å². The summed E-state index contributed by atoms with van der Waals surface area (Å²) in [6, 6.07) is 7.01. The van der Waals surface area contributed by atoms with Crippen LogP contribution in [0.25, 0.3) is 0 Å². The van der Waals surface area contributed by atoms with Crippen LogP contribution in [-0.2, 0) is 0 Å². The van der Waals surface area contributed by atoms with Crippen LogP contribution in [0.3, 0.4) is 0 Å². The second-order valence-corrected chi connectivity index (χ2v) is 6.98. The fraction of sp³-hybridized carbons (Fsp3) is 0.533. The summed E-state index contributed by atoms with van der Waals surface area (Å²) in [5, 5.41) is 0. The number of nitrogens with two attached hydrogens (primary N) is 1. The molecule has 1 aliphatic carbocycles. The molecule has 19 heavy (non-hydrogen) atoms. The van der Waals surface area contributed by atoms with E-state index in [2.05, 4.69) is 39.0 Å². The number of piperidine rings is 1. The molecule has 4 heteroatoms. The van der Waals surface area contributed by atoms with E-state index in [4.69, 9.17) is 18.0 Å². The monoisotopic (exact) mass is 338 g/mol. The molecule has 1 heterocycles. The maximum absolute atomic E-state index is 5.91. The summed E-state index contributed by atoms with van der Waals surface area (Å²) >= 11 is 8.74. The standard InChI is InChI=1S/C15H19BrN2S/c16-11-6-7-14(12(9-11)15(17)19)18-8-2-4-10-3-1-5-13(10)18/h6-7,9-10,13H,1-5,8H2,(H2,17,19). The predicted molar refractivity (Wildman–Crippen MR) is 87.7 cm³/mol. The van der Waals surface area contributed by atoms with E-state index in [1.165, 1.54) is 37.8 Å². The van der Waals surface area contributed by atoms with Gasteiger partial charge in [0.15, 0.2) is 0 Å². The summed E-state index contributed by atoms with van der Waals surface area (Å²) in [4.78, 5) is 3.05. The average Bonchev–Trinajstić information content (AvgIpc) is 2.86. The lowest BCUT2D eigenvalue weighted by Gasteiger charge is -2.40. The first-order chi connectivity index (χ1) is 9.16. The van der Waals surface area contributed by atoms with Crippen LogP contribution < -0.4 is 10.6 Å². The van der Waals surface area contributed by atoms with E-state index in [9.17, 15) is 0 Å². The molecular formula is C15H19BrN2S. The van der Waals surface area contributed by atoms with Crippen molar-refractivity contribution in [1.29, 1.82) is 0 Å². The van der Waals surface area contributed by atoms with E-state index in [0.717, 1.165) is 22.5 Å². The molecule has 0 spiro atoms. The van der Waals surface area contributed by atoms with Gasteiger partial charge in [-0.2, -0.15) is 0 Å². The van der Waals surface area contributed by atoms with Crippen LogP contribution in [0.2, 0.25) is 0 Å². The SMILES string of the molecule is NC(=S)c1cc(Br)ccc1N1CCCC2CCCC21. The molecule has 1 saturated heterocycles. The summed E-state index contributed by atoms with van der Waals surface area (Å²) in [5.74, 6) is 0.872. The molecule has 2 nitrogen and oxygen atoms in total. The maximum Gasteiger partial charge on any atom is 0.106 e. The van der Waals surface area contributed by atoms with Gasteiger partial charge in [0.1, 0.15) is 4.99 Å². The second kappa shape index (κ2) is 5.41. The molecule has 0 radical (unpaired) electrons. The molecular weight excluding hydrogens is 320 g/mol. The van der Waals surface area contributed by atoms with E-state index >= 15 is 0 Å². The highest BCUT2D eigenvalue weighted by Crippen LogP contribution is 2.40. The Hall–Kier alpha value is -0.610. The molecule has 2 aliphatic rings. The highest BCUT2D eigenvalue weighted by atomic mass is 79.9. The molecule has 1 aromatic carbocycles. The Balaban J connectivity index is 1.98. The number of anilines is 1. The number of nitrogens with zero attached hydrogens (tertiary/aromatic N) is 1. The van der Waals surface area contributed by atoms with Gasteiger partial charge in [0.2, 0.25) is 0 Å². The van der Waals surface area contributed by atoms with Crippen molar-refractivity contribution >= 4 is 38.8 Å². The summed E-state index contributed by atoms with van der Waals surface area (Å²) in [6.45, 7) is 1.14. The van der Waals surface area contributed by atoms with E-state index in [1.807, 2.05) is 0 Å². The van der Waals surface area contributed by atoms with E-state index < -0.39 is 0 Å². The lowest BCUT2D eigenvalue weighted by molar-refractivity contribution is 0.362. The molecule has 2 fully saturated rings. The minimum Gasteiger partial charge on any atom is -0.389 e. The van der Waals surface area contributed by atoms with Gasteiger partial charge in [0.05, 0.1) is 0 Å². The van der Waals surface area contributed by atoms with Gasteiger partial charge in [-0.25, -0.2) is 0 Å². The van der Waals surface area contributed by atoms with Crippen molar-refractivity contribution in [2.45, 2.75) is 38.1 Å². The molecule has 0 amide bonds. The Morgan fingerprint density at radius 1 is 1.26 bits per heavy atom. The minimum absolute atomic E-state index is 0.497. The molecule has 2 atom stereocenters. The van der Waals surface area contributed by atoms with Crippen LogP contribution in [0.5, 0.6) is 0 Å². The third-order valence-electron chi connectivity index (χ3n) is 4.53. The first-order valence-corrected chi connectivity index (χ1v) is 8.23. The van der Waals surface area contributed by atoms with Crippen molar-refractivity contribution in [3.63, 3.8) is 0 Å². The van der Waals surface area contributed by atoms with E-state index in [0.29, 0.717) is 11.0 Å². The average molecular weight is 339 g/mol. The fourth-order valence-electron chi connectivity index (χ4n) is 3.71. The van der Waals surface area contributed by atoms with Gasteiger partial charge in [-0.3, -0.25) is 0 Å². The van der Waals surface area contributed by atoms with Crippen LogP contribution in [0.15, 0.2) is 22.7 Å². The minimum atomic E-state index is 0.497. The van der Waals surface area contributed by atoms with Crippen molar-refractivity contribution in [2.75, 3.05) is 11.4 Å². The number of rotatable bonds is 2. The van der Waals surface area contributed by atoms with Gasteiger partial charge in [-0.05, 0) is 49.8 Å². The van der Waals surface area contributed by atoms with Crippen molar-refractivity contribution in [2.24, 2.45) is 11.7 Å². The Kier molecular flexibility index (Phi) is 3.81. The topological polar surface area (TPSA) is 29.3 Å². The quantitative estimate of drug-likeness (QED) is 0.830. The van der Waals surface area contributed by atoms with Crippen molar-refractivity contribution in [3.8, 4) is 0 Å². The van der Waals surface area contributed by atoms with Crippen LogP contribution in [-0.4, -0.2) is 17.6 Å². The van der Waals surface area contributed by atoms with Crippen molar-refractivity contribution in [3.05, 3.63) is 28.2 Å². The van der Waals surface area contributed by atoms with E-state index in [1.54, 1.807) is 0 Å². The summed E-state index contributed by atoms with van der Waals surface area (Å²) in [7, 11) is 0. The van der Waals surface area contributed by atoms with Gasteiger partial charge >= 0.3 is 0 Å². The number of hydrogen-bond donors (Lipinski definition) is 1. The van der Waals surface area contributed by atoms with Gasteiger partial charge in [0.25, 0.3) is 0 Å². The van der Waals surface area contributed by atoms with Gasteiger partial charge in [-0.15, -0.1) is 0 Å². The molecule has 1 aliphatic heterocycles. The molecule has 2 N–H and O–H groups in total.